The average molecular weight is 316 g/mol. The van der Waals surface area contributed by atoms with Crippen LogP contribution in [-0.2, 0) is 9.59 Å². The van der Waals surface area contributed by atoms with Crippen LogP contribution >= 0.6 is 0 Å². The van der Waals surface area contributed by atoms with E-state index in [0.717, 1.165) is 30.8 Å². The van der Waals surface area contributed by atoms with E-state index in [1.165, 1.54) is 6.42 Å². The molecule has 0 unspecified atom stereocenters. The Bertz CT molecular complexity index is 602. The number of carbonyl (C=O) groups is 2. The van der Waals surface area contributed by atoms with E-state index >= 15 is 0 Å². The van der Waals surface area contributed by atoms with Gasteiger partial charge in [-0.1, -0.05) is 6.07 Å². The Kier molecular flexibility index (Phi) is 4.55. The first-order valence-electron chi connectivity index (χ1n) is 8.35. The molecule has 0 spiro atoms. The van der Waals surface area contributed by atoms with Crippen molar-refractivity contribution in [3.05, 3.63) is 24.3 Å². The minimum Gasteiger partial charge on any atom is -0.497 e. The van der Waals surface area contributed by atoms with E-state index in [-0.39, 0.29) is 23.8 Å². The Balaban J connectivity index is 1.72. The maximum absolute atomic E-state index is 12.8. The van der Waals surface area contributed by atoms with Crippen molar-refractivity contribution in [2.24, 2.45) is 5.92 Å². The van der Waals surface area contributed by atoms with Crippen LogP contribution in [0.3, 0.4) is 0 Å². The number of rotatable bonds is 3. The first kappa shape index (κ1) is 15.8. The number of carbonyl (C=O) groups excluding carboxylic acids is 2. The zero-order valence-electron chi connectivity index (χ0n) is 13.8. The Morgan fingerprint density at radius 2 is 2.13 bits per heavy atom. The number of nitrogens with zero attached hydrogens (tertiary/aromatic N) is 2. The Morgan fingerprint density at radius 3 is 2.87 bits per heavy atom. The fraction of sp³-hybridized carbons (Fsp3) is 0.556. The van der Waals surface area contributed by atoms with E-state index in [1.54, 1.807) is 12.0 Å². The number of benzene rings is 1. The number of piperidine rings is 1. The molecule has 2 aliphatic rings. The lowest BCUT2D eigenvalue weighted by Gasteiger charge is -2.35. The molecule has 5 heteroatoms. The van der Waals surface area contributed by atoms with E-state index < -0.39 is 0 Å². The third-order valence-electron chi connectivity index (χ3n) is 4.93. The minimum absolute atomic E-state index is 0.0151. The predicted molar refractivity (Wildman–Crippen MR) is 88.5 cm³/mol. The molecule has 1 aromatic carbocycles. The molecular weight excluding hydrogens is 292 g/mol. The van der Waals surface area contributed by atoms with Gasteiger partial charge in [-0.2, -0.15) is 0 Å². The molecule has 2 fully saturated rings. The highest BCUT2D eigenvalue weighted by molar-refractivity contribution is 6.00. The second kappa shape index (κ2) is 6.60. The monoisotopic (exact) mass is 316 g/mol. The second-order valence-corrected chi connectivity index (χ2v) is 6.48. The van der Waals surface area contributed by atoms with Crippen LogP contribution in [0.2, 0.25) is 0 Å². The van der Waals surface area contributed by atoms with E-state index in [4.69, 9.17) is 4.74 Å². The quantitative estimate of drug-likeness (QED) is 0.860. The second-order valence-electron chi connectivity index (χ2n) is 6.48. The van der Waals surface area contributed by atoms with Crippen LogP contribution in [0.1, 0.15) is 32.6 Å². The number of methoxy groups -OCH3 is 1. The largest absolute Gasteiger partial charge is 0.497 e. The lowest BCUT2D eigenvalue weighted by atomic mass is 9.99. The van der Waals surface area contributed by atoms with Gasteiger partial charge in [-0.15, -0.1) is 0 Å². The minimum atomic E-state index is -0.228. The third-order valence-corrected chi connectivity index (χ3v) is 4.93. The van der Waals surface area contributed by atoms with Crippen LogP contribution in [0, 0.1) is 5.92 Å². The molecule has 3 rings (SSSR count). The molecule has 23 heavy (non-hydrogen) atoms. The SMILES string of the molecule is COc1cccc(N2C[C@@H](C(=O)N3CCCC[C@H]3C)CC2=O)c1. The molecule has 0 bridgehead atoms. The summed E-state index contributed by atoms with van der Waals surface area (Å²) in [6.07, 6.45) is 3.62. The molecule has 2 aliphatic heterocycles. The number of ether oxygens (including phenoxy) is 1. The van der Waals surface area contributed by atoms with Crippen LogP contribution in [0.15, 0.2) is 24.3 Å². The summed E-state index contributed by atoms with van der Waals surface area (Å²) in [5.41, 5.74) is 0.802. The van der Waals surface area contributed by atoms with Crippen LogP contribution in [0.5, 0.6) is 5.75 Å². The molecule has 0 radical (unpaired) electrons. The lowest BCUT2D eigenvalue weighted by Crippen LogP contribution is -2.45. The highest BCUT2D eigenvalue weighted by Gasteiger charge is 2.38. The Morgan fingerprint density at radius 1 is 1.30 bits per heavy atom. The maximum Gasteiger partial charge on any atom is 0.228 e. The van der Waals surface area contributed by atoms with Gasteiger partial charge in [-0.3, -0.25) is 9.59 Å². The summed E-state index contributed by atoms with van der Waals surface area (Å²) in [5.74, 6) is 0.640. The molecule has 2 amide bonds. The Hall–Kier alpha value is -2.04. The smallest absolute Gasteiger partial charge is 0.228 e. The number of anilines is 1. The van der Waals surface area contributed by atoms with Crippen molar-refractivity contribution < 1.29 is 14.3 Å². The van der Waals surface area contributed by atoms with Crippen LogP contribution in [0.25, 0.3) is 0 Å². The molecule has 2 heterocycles. The van der Waals surface area contributed by atoms with Crippen molar-refractivity contribution in [2.45, 2.75) is 38.6 Å². The number of hydrogen-bond acceptors (Lipinski definition) is 3. The fourth-order valence-corrected chi connectivity index (χ4v) is 3.56. The van der Waals surface area contributed by atoms with Gasteiger partial charge < -0.3 is 14.5 Å². The molecule has 2 atom stereocenters. The van der Waals surface area contributed by atoms with Gasteiger partial charge in [0.1, 0.15) is 5.75 Å². The molecule has 0 aromatic heterocycles. The van der Waals surface area contributed by atoms with Crippen molar-refractivity contribution in [2.75, 3.05) is 25.1 Å². The van der Waals surface area contributed by atoms with Gasteiger partial charge in [0, 0.05) is 37.3 Å². The summed E-state index contributed by atoms with van der Waals surface area (Å²) in [6.45, 7) is 3.39. The van der Waals surface area contributed by atoms with E-state index in [1.807, 2.05) is 29.2 Å². The summed E-state index contributed by atoms with van der Waals surface area (Å²) in [7, 11) is 1.61. The molecule has 0 saturated carbocycles. The van der Waals surface area contributed by atoms with E-state index in [2.05, 4.69) is 6.92 Å². The van der Waals surface area contributed by atoms with E-state index in [0.29, 0.717) is 13.0 Å². The standard InChI is InChI=1S/C18H24N2O3/c1-13-6-3-4-9-19(13)18(22)14-10-17(21)20(12-14)15-7-5-8-16(11-15)23-2/h5,7-8,11,13-14H,3-4,6,9-10,12H2,1-2H3/t13-,14+/m1/s1. The van der Waals surface area contributed by atoms with Crippen molar-refractivity contribution >= 4 is 17.5 Å². The first-order chi connectivity index (χ1) is 11.1. The summed E-state index contributed by atoms with van der Waals surface area (Å²) in [4.78, 5) is 28.8. The molecule has 1 aromatic rings. The summed E-state index contributed by atoms with van der Waals surface area (Å²) < 4.78 is 5.22. The van der Waals surface area contributed by atoms with Crippen LogP contribution < -0.4 is 9.64 Å². The van der Waals surface area contributed by atoms with Gasteiger partial charge in [-0.25, -0.2) is 0 Å². The summed E-state index contributed by atoms with van der Waals surface area (Å²) in [5, 5.41) is 0. The summed E-state index contributed by atoms with van der Waals surface area (Å²) >= 11 is 0. The van der Waals surface area contributed by atoms with Crippen LogP contribution in [-0.4, -0.2) is 43.0 Å². The molecule has 2 saturated heterocycles. The van der Waals surface area contributed by atoms with Crippen molar-refractivity contribution in [3.63, 3.8) is 0 Å². The average Bonchev–Trinajstić information content (AvgIpc) is 2.96. The van der Waals surface area contributed by atoms with E-state index in [9.17, 15) is 9.59 Å². The first-order valence-corrected chi connectivity index (χ1v) is 8.35. The molecular formula is C18H24N2O3. The highest BCUT2D eigenvalue weighted by atomic mass is 16.5. The zero-order valence-corrected chi connectivity index (χ0v) is 13.8. The van der Waals surface area contributed by atoms with Crippen molar-refractivity contribution in [1.82, 2.24) is 4.90 Å². The molecule has 124 valence electrons. The fourth-order valence-electron chi connectivity index (χ4n) is 3.56. The van der Waals surface area contributed by atoms with Crippen LogP contribution in [0.4, 0.5) is 5.69 Å². The number of likely N-dealkylation sites (tertiary alicyclic amines) is 1. The normalized spacial score (nSPS) is 24.9. The van der Waals surface area contributed by atoms with Gasteiger partial charge in [0.25, 0.3) is 0 Å². The number of amides is 2. The topological polar surface area (TPSA) is 49.9 Å². The molecule has 0 N–H and O–H groups in total. The van der Waals surface area contributed by atoms with Gasteiger partial charge in [-0.05, 0) is 38.3 Å². The summed E-state index contributed by atoms with van der Waals surface area (Å²) in [6, 6.07) is 7.73. The highest BCUT2D eigenvalue weighted by Crippen LogP contribution is 2.30. The van der Waals surface area contributed by atoms with Crippen molar-refractivity contribution in [1.29, 1.82) is 0 Å². The van der Waals surface area contributed by atoms with Crippen molar-refractivity contribution in [3.8, 4) is 5.75 Å². The maximum atomic E-state index is 12.8. The predicted octanol–water partition coefficient (Wildman–Crippen LogP) is 2.45. The van der Waals surface area contributed by atoms with Gasteiger partial charge in [0.2, 0.25) is 11.8 Å². The third kappa shape index (κ3) is 3.19. The van der Waals surface area contributed by atoms with Gasteiger partial charge >= 0.3 is 0 Å². The van der Waals surface area contributed by atoms with Gasteiger partial charge in [0.05, 0.1) is 13.0 Å². The Labute approximate surface area is 137 Å². The molecule has 0 aliphatic carbocycles. The zero-order chi connectivity index (χ0) is 16.4. The lowest BCUT2D eigenvalue weighted by molar-refractivity contribution is -0.139. The number of hydrogen-bond donors (Lipinski definition) is 0. The molecule has 5 nitrogen and oxygen atoms in total. The van der Waals surface area contributed by atoms with Gasteiger partial charge in [0.15, 0.2) is 0 Å².